The minimum absolute atomic E-state index is 0.200. The van der Waals surface area contributed by atoms with Gasteiger partial charge in [0.1, 0.15) is 0 Å². The van der Waals surface area contributed by atoms with Crippen molar-refractivity contribution in [1.29, 1.82) is 0 Å². The van der Waals surface area contributed by atoms with Gasteiger partial charge in [-0.3, -0.25) is 0 Å². The molecule has 0 heterocycles. The molecule has 2 nitrogen and oxygen atoms in total. The van der Waals surface area contributed by atoms with Crippen LogP contribution in [0.5, 0.6) is 0 Å². The fourth-order valence-corrected chi connectivity index (χ4v) is 2.39. The predicted octanol–water partition coefficient (Wildman–Crippen LogP) is 1.86. The summed E-state index contributed by atoms with van der Waals surface area (Å²) in [6, 6.07) is 10.5. The lowest BCUT2D eigenvalue weighted by atomic mass is 9.93. The highest BCUT2D eigenvalue weighted by Gasteiger charge is 2.34. The molecule has 15 heavy (non-hydrogen) atoms. The molecule has 0 aliphatic heterocycles. The van der Waals surface area contributed by atoms with Crippen LogP contribution < -0.4 is 5.73 Å². The molecule has 2 heteroatoms. The average molecular weight is 205 g/mol. The van der Waals surface area contributed by atoms with Gasteiger partial charge >= 0.3 is 0 Å². The van der Waals surface area contributed by atoms with Gasteiger partial charge in [0.15, 0.2) is 0 Å². The smallest absolute Gasteiger partial charge is 0.0666 e. The van der Waals surface area contributed by atoms with Crippen LogP contribution in [0.25, 0.3) is 0 Å². The molecule has 1 fully saturated rings. The lowest BCUT2D eigenvalue weighted by Gasteiger charge is -2.22. The van der Waals surface area contributed by atoms with Gasteiger partial charge in [-0.2, -0.15) is 0 Å². The number of rotatable bonds is 3. The van der Waals surface area contributed by atoms with Gasteiger partial charge in [0.25, 0.3) is 0 Å². The second-order valence-corrected chi connectivity index (χ2v) is 4.71. The van der Waals surface area contributed by atoms with Crippen LogP contribution >= 0.6 is 0 Å². The molecular weight excluding hydrogens is 186 g/mol. The first-order valence-corrected chi connectivity index (χ1v) is 5.70. The van der Waals surface area contributed by atoms with Gasteiger partial charge in [-0.1, -0.05) is 30.3 Å². The second-order valence-electron chi connectivity index (χ2n) is 4.71. The normalized spacial score (nSPS) is 30.7. The number of aryl methyl sites for hydroxylation is 1. The summed E-state index contributed by atoms with van der Waals surface area (Å²) in [7, 11) is 0. The van der Waals surface area contributed by atoms with Crippen molar-refractivity contribution in [3.63, 3.8) is 0 Å². The summed E-state index contributed by atoms with van der Waals surface area (Å²) < 4.78 is 0. The van der Waals surface area contributed by atoms with Gasteiger partial charge in [-0.15, -0.1) is 0 Å². The molecule has 1 aliphatic carbocycles. The van der Waals surface area contributed by atoms with Crippen molar-refractivity contribution in [2.75, 3.05) is 0 Å². The van der Waals surface area contributed by atoms with E-state index >= 15 is 0 Å². The van der Waals surface area contributed by atoms with Crippen LogP contribution in [0.15, 0.2) is 30.3 Å². The molecule has 2 unspecified atom stereocenters. The monoisotopic (exact) mass is 205 g/mol. The highest BCUT2D eigenvalue weighted by molar-refractivity contribution is 5.15. The van der Waals surface area contributed by atoms with Crippen molar-refractivity contribution in [3.05, 3.63) is 35.9 Å². The molecule has 0 spiro atoms. The minimum atomic E-state index is -0.505. The molecule has 82 valence electrons. The Morgan fingerprint density at radius 1 is 1.33 bits per heavy atom. The largest absolute Gasteiger partial charge is 0.390 e. The van der Waals surface area contributed by atoms with Crippen LogP contribution in [0.1, 0.15) is 31.2 Å². The number of aliphatic hydroxyl groups is 1. The molecule has 0 saturated heterocycles. The number of hydrogen-bond acceptors (Lipinski definition) is 2. The molecule has 2 rings (SSSR count). The van der Waals surface area contributed by atoms with E-state index in [2.05, 4.69) is 12.1 Å². The van der Waals surface area contributed by atoms with Crippen molar-refractivity contribution in [2.24, 2.45) is 5.73 Å². The van der Waals surface area contributed by atoms with Crippen LogP contribution in [0, 0.1) is 0 Å². The van der Waals surface area contributed by atoms with E-state index in [1.54, 1.807) is 0 Å². The maximum absolute atomic E-state index is 10.2. The molecular formula is C13H19NO. The summed E-state index contributed by atoms with van der Waals surface area (Å²) in [5, 5.41) is 10.2. The second kappa shape index (κ2) is 4.33. The fourth-order valence-electron chi connectivity index (χ4n) is 2.39. The van der Waals surface area contributed by atoms with E-state index in [-0.39, 0.29) is 6.04 Å². The van der Waals surface area contributed by atoms with E-state index in [0.29, 0.717) is 0 Å². The number of benzene rings is 1. The Bertz CT molecular complexity index is 312. The maximum Gasteiger partial charge on any atom is 0.0666 e. The third-order valence-electron chi connectivity index (χ3n) is 3.34. The Morgan fingerprint density at radius 3 is 2.67 bits per heavy atom. The Morgan fingerprint density at radius 2 is 2.07 bits per heavy atom. The zero-order valence-corrected chi connectivity index (χ0v) is 9.02. The van der Waals surface area contributed by atoms with Crippen molar-refractivity contribution in [1.82, 2.24) is 0 Å². The van der Waals surface area contributed by atoms with Crippen molar-refractivity contribution in [3.8, 4) is 0 Å². The van der Waals surface area contributed by atoms with Gasteiger partial charge in [-0.05, 0) is 37.7 Å². The van der Waals surface area contributed by atoms with Crippen LogP contribution in [0.2, 0.25) is 0 Å². The van der Waals surface area contributed by atoms with Crippen LogP contribution in [-0.4, -0.2) is 16.7 Å². The standard InChI is InChI=1S/C13H19NO/c14-12-7-9-13(15,10-12)8-6-11-4-2-1-3-5-11/h1-5,12,15H,6-10,14H2. The summed E-state index contributed by atoms with van der Waals surface area (Å²) in [5.74, 6) is 0. The Balaban J connectivity index is 1.88. The first kappa shape index (κ1) is 10.7. The van der Waals surface area contributed by atoms with E-state index < -0.39 is 5.60 Å². The molecule has 3 N–H and O–H groups in total. The average Bonchev–Trinajstić information content (AvgIpc) is 2.58. The molecule has 1 aromatic rings. The van der Waals surface area contributed by atoms with Crippen molar-refractivity contribution < 1.29 is 5.11 Å². The maximum atomic E-state index is 10.2. The van der Waals surface area contributed by atoms with E-state index in [9.17, 15) is 5.11 Å². The fraction of sp³-hybridized carbons (Fsp3) is 0.538. The lowest BCUT2D eigenvalue weighted by molar-refractivity contribution is 0.0378. The van der Waals surface area contributed by atoms with E-state index in [1.807, 2.05) is 18.2 Å². The third kappa shape index (κ3) is 2.80. The third-order valence-corrected chi connectivity index (χ3v) is 3.34. The SMILES string of the molecule is NC1CCC(O)(CCc2ccccc2)C1. The summed E-state index contributed by atoms with van der Waals surface area (Å²) in [6.45, 7) is 0. The lowest BCUT2D eigenvalue weighted by Crippen LogP contribution is -2.28. The topological polar surface area (TPSA) is 46.2 Å². The molecule has 1 saturated carbocycles. The van der Waals surface area contributed by atoms with Gasteiger partial charge in [-0.25, -0.2) is 0 Å². The Hall–Kier alpha value is -0.860. The number of nitrogens with two attached hydrogens (primary N) is 1. The van der Waals surface area contributed by atoms with Gasteiger partial charge in [0.05, 0.1) is 5.60 Å². The molecule has 1 aromatic carbocycles. The van der Waals surface area contributed by atoms with Gasteiger partial charge < -0.3 is 10.8 Å². The zero-order valence-electron chi connectivity index (χ0n) is 9.02. The Kier molecular flexibility index (Phi) is 3.08. The van der Waals surface area contributed by atoms with Gasteiger partial charge in [0, 0.05) is 6.04 Å². The first-order chi connectivity index (χ1) is 7.18. The molecule has 0 aromatic heterocycles. The molecule has 1 aliphatic rings. The predicted molar refractivity (Wildman–Crippen MR) is 61.5 cm³/mol. The van der Waals surface area contributed by atoms with E-state index in [1.165, 1.54) is 5.56 Å². The van der Waals surface area contributed by atoms with Crippen molar-refractivity contribution in [2.45, 2.75) is 43.7 Å². The van der Waals surface area contributed by atoms with Gasteiger partial charge in [0.2, 0.25) is 0 Å². The van der Waals surface area contributed by atoms with Crippen LogP contribution in [0.3, 0.4) is 0 Å². The molecule has 0 bridgehead atoms. The highest BCUT2D eigenvalue weighted by Crippen LogP contribution is 2.32. The van der Waals surface area contributed by atoms with E-state index in [4.69, 9.17) is 5.73 Å². The summed E-state index contributed by atoms with van der Waals surface area (Å²) in [6.07, 6.45) is 4.38. The molecule has 2 atom stereocenters. The summed E-state index contributed by atoms with van der Waals surface area (Å²) in [5.41, 5.74) is 6.61. The van der Waals surface area contributed by atoms with Crippen LogP contribution in [-0.2, 0) is 6.42 Å². The molecule has 0 amide bonds. The first-order valence-electron chi connectivity index (χ1n) is 5.70. The van der Waals surface area contributed by atoms with E-state index in [0.717, 1.165) is 32.1 Å². The highest BCUT2D eigenvalue weighted by atomic mass is 16.3. The summed E-state index contributed by atoms with van der Waals surface area (Å²) in [4.78, 5) is 0. The van der Waals surface area contributed by atoms with Crippen molar-refractivity contribution >= 4 is 0 Å². The zero-order chi connectivity index (χ0) is 10.7. The summed E-state index contributed by atoms with van der Waals surface area (Å²) >= 11 is 0. The molecule has 0 radical (unpaired) electrons. The minimum Gasteiger partial charge on any atom is -0.390 e. The quantitative estimate of drug-likeness (QED) is 0.791. The Labute approximate surface area is 91.1 Å². The van der Waals surface area contributed by atoms with Crippen LogP contribution in [0.4, 0.5) is 0 Å². The number of hydrogen-bond donors (Lipinski definition) is 2.